The number of hydrogen-bond acceptors (Lipinski definition) is 1. The summed E-state index contributed by atoms with van der Waals surface area (Å²) < 4.78 is 13.5. The molecule has 1 atom stereocenters. The van der Waals surface area contributed by atoms with E-state index in [1.807, 2.05) is 11.0 Å². The summed E-state index contributed by atoms with van der Waals surface area (Å²) in [6, 6.07) is 5.24. The lowest BCUT2D eigenvalue weighted by molar-refractivity contribution is -0.139. The molecule has 1 aromatic carbocycles. The third kappa shape index (κ3) is 2.70. The lowest BCUT2D eigenvalue weighted by atomic mass is 9.75. The molecule has 1 fully saturated rings. The summed E-state index contributed by atoms with van der Waals surface area (Å²) in [6.45, 7) is 7.22. The van der Waals surface area contributed by atoms with Crippen LogP contribution in [0.15, 0.2) is 18.2 Å². The molecule has 1 unspecified atom stereocenters. The van der Waals surface area contributed by atoms with Crippen LogP contribution < -0.4 is 0 Å². The van der Waals surface area contributed by atoms with Crippen LogP contribution in [0, 0.1) is 17.2 Å². The monoisotopic (exact) mass is 289 g/mol. The van der Waals surface area contributed by atoms with Crippen LogP contribution in [0.2, 0.25) is 0 Å². The van der Waals surface area contributed by atoms with Crippen molar-refractivity contribution in [3.05, 3.63) is 35.1 Å². The number of hydrogen-bond donors (Lipinski definition) is 0. The number of nitrogens with zero attached hydrogens (tertiary/aromatic N) is 1. The summed E-state index contributed by atoms with van der Waals surface area (Å²) >= 11 is 0. The van der Waals surface area contributed by atoms with Gasteiger partial charge in [0.1, 0.15) is 5.82 Å². The largest absolute Gasteiger partial charge is 0.334 e. The van der Waals surface area contributed by atoms with Crippen LogP contribution in [0.4, 0.5) is 4.39 Å². The fourth-order valence-corrected chi connectivity index (χ4v) is 3.28. The average Bonchev–Trinajstić information content (AvgIpc) is 3.29. The molecule has 1 aliphatic heterocycles. The molecule has 1 amide bonds. The number of amides is 1. The van der Waals surface area contributed by atoms with Gasteiger partial charge < -0.3 is 4.90 Å². The molecule has 2 nitrogen and oxygen atoms in total. The van der Waals surface area contributed by atoms with Gasteiger partial charge in [-0.25, -0.2) is 4.39 Å². The van der Waals surface area contributed by atoms with Crippen LogP contribution in [-0.4, -0.2) is 16.8 Å². The first-order valence-corrected chi connectivity index (χ1v) is 8.00. The van der Waals surface area contributed by atoms with Crippen molar-refractivity contribution in [3.8, 4) is 0 Å². The number of carbonyl (C=O) groups excluding carboxylic acids is 1. The van der Waals surface area contributed by atoms with Crippen molar-refractivity contribution in [2.24, 2.45) is 11.3 Å². The predicted octanol–water partition coefficient (Wildman–Crippen LogP) is 3.93. The number of rotatable bonds is 3. The van der Waals surface area contributed by atoms with E-state index in [0.29, 0.717) is 6.54 Å². The van der Waals surface area contributed by atoms with Crippen molar-refractivity contribution in [1.82, 2.24) is 4.90 Å². The fourth-order valence-electron chi connectivity index (χ4n) is 3.28. The molecule has 0 spiro atoms. The second-order valence-corrected chi connectivity index (χ2v) is 7.22. The van der Waals surface area contributed by atoms with Gasteiger partial charge in [-0.3, -0.25) is 4.79 Å². The highest BCUT2D eigenvalue weighted by molar-refractivity contribution is 5.81. The van der Waals surface area contributed by atoms with Crippen molar-refractivity contribution < 1.29 is 9.18 Å². The second kappa shape index (κ2) is 5.11. The molecule has 3 rings (SSSR count). The van der Waals surface area contributed by atoms with Crippen molar-refractivity contribution in [3.63, 3.8) is 0 Å². The van der Waals surface area contributed by atoms with E-state index in [1.54, 1.807) is 6.07 Å². The van der Waals surface area contributed by atoms with Crippen molar-refractivity contribution in [1.29, 1.82) is 0 Å². The molecule has 1 aromatic rings. The highest BCUT2D eigenvalue weighted by Gasteiger charge is 2.43. The van der Waals surface area contributed by atoms with E-state index in [4.69, 9.17) is 0 Å². The number of fused-ring (bicyclic) bond motifs is 1. The minimum Gasteiger partial charge on any atom is -0.334 e. The van der Waals surface area contributed by atoms with Crippen LogP contribution in [0.5, 0.6) is 0 Å². The topological polar surface area (TPSA) is 20.3 Å². The molecule has 21 heavy (non-hydrogen) atoms. The zero-order valence-electron chi connectivity index (χ0n) is 13.2. The summed E-state index contributed by atoms with van der Waals surface area (Å²) in [7, 11) is 0. The fraction of sp³-hybridized carbons (Fsp3) is 0.611. The summed E-state index contributed by atoms with van der Waals surface area (Å²) in [5, 5.41) is 0. The maximum Gasteiger partial charge on any atom is 0.226 e. The Hall–Kier alpha value is -1.38. The summed E-state index contributed by atoms with van der Waals surface area (Å²) in [6.07, 6.45) is 3.91. The summed E-state index contributed by atoms with van der Waals surface area (Å²) in [4.78, 5) is 14.7. The van der Waals surface area contributed by atoms with E-state index < -0.39 is 0 Å². The van der Waals surface area contributed by atoms with Gasteiger partial charge in [0.15, 0.2) is 0 Å². The molecule has 0 saturated heterocycles. The first kappa shape index (κ1) is 14.6. The maximum atomic E-state index is 13.5. The Morgan fingerprint density at radius 3 is 2.67 bits per heavy atom. The highest BCUT2D eigenvalue weighted by Crippen LogP contribution is 2.40. The normalized spacial score (nSPS) is 22.1. The van der Waals surface area contributed by atoms with Gasteiger partial charge >= 0.3 is 0 Å². The zero-order valence-corrected chi connectivity index (χ0v) is 13.2. The Balaban J connectivity index is 1.96. The van der Waals surface area contributed by atoms with Crippen LogP contribution in [0.25, 0.3) is 0 Å². The van der Waals surface area contributed by atoms with E-state index in [1.165, 1.54) is 11.6 Å². The smallest absolute Gasteiger partial charge is 0.226 e. The van der Waals surface area contributed by atoms with Crippen LogP contribution in [-0.2, 0) is 17.8 Å². The minimum absolute atomic E-state index is 0.0800. The SMILES string of the molecule is CCC(C)(C)C1Cc2ccc(F)cc2CN1C(=O)C1CC1. The Morgan fingerprint density at radius 2 is 2.05 bits per heavy atom. The van der Waals surface area contributed by atoms with E-state index in [0.717, 1.165) is 31.2 Å². The standard InChI is InChI=1S/C18H24FNO/c1-4-18(2,3)16-10-13-7-8-15(19)9-14(13)11-20(16)17(21)12-5-6-12/h7-9,12,16H,4-6,10-11H2,1-3H3. The molecule has 0 N–H and O–H groups in total. The molecule has 1 aliphatic carbocycles. The molecule has 0 bridgehead atoms. The van der Waals surface area contributed by atoms with Crippen molar-refractivity contribution in [2.45, 2.75) is 59.0 Å². The van der Waals surface area contributed by atoms with Gasteiger partial charge in [0.05, 0.1) is 0 Å². The van der Waals surface area contributed by atoms with Gasteiger partial charge in [-0.15, -0.1) is 0 Å². The highest BCUT2D eigenvalue weighted by atomic mass is 19.1. The third-order valence-electron chi connectivity index (χ3n) is 5.32. The summed E-state index contributed by atoms with van der Waals surface area (Å²) in [5.41, 5.74) is 2.26. The van der Waals surface area contributed by atoms with Gasteiger partial charge in [0, 0.05) is 18.5 Å². The van der Waals surface area contributed by atoms with E-state index in [-0.39, 0.29) is 29.1 Å². The van der Waals surface area contributed by atoms with E-state index in [2.05, 4.69) is 20.8 Å². The molecule has 1 heterocycles. The van der Waals surface area contributed by atoms with E-state index in [9.17, 15) is 9.18 Å². The molecule has 3 heteroatoms. The molecular weight excluding hydrogens is 265 g/mol. The minimum atomic E-state index is -0.208. The first-order valence-electron chi connectivity index (χ1n) is 8.00. The lowest BCUT2D eigenvalue weighted by Gasteiger charge is -2.45. The Kier molecular flexibility index (Phi) is 3.54. The summed E-state index contributed by atoms with van der Waals surface area (Å²) in [5.74, 6) is 0.285. The van der Waals surface area contributed by atoms with Gasteiger partial charge in [0.2, 0.25) is 5.91 Å². The first-order chi connectivity index (χ1) is 9.92. The van der Waals surface area contributed by atoms with Gasteiger partial charge in [-0.1, -0.05) is 26.8 Å². The lowest BCUT2D eigenvalue weighted by Crippen LogP contribution is -2.52. The molecular formula is C18H24FNO. The van der Waals surface area contributed by atoms with Crippen molar-refractivity contribution >= 4 is 5.91 Å². The quantitative estimate of drug-likeness (QED) is 0.825. The van der Waals surface area contributed by atoms with Gasteiger partial charge in [-0.05, 0) is 54.4 Å². The average molecular weight is 289 g/mol. The molecule has 2 aliphatic rings. The van der Waals surface area contributed by atoms with Gasteiger partial charge in [-0.2, -0.15) is 0 Å². The Bertz CT molecular complexity index is 562. The molecule has 0 aromatic heterocycles. The third-order valence-corrected chi connectivity index (χ3v) is 5.32. The molecule has 0 radical (unpaired) electrons. The Morgan fingerprint density at radius 1 is 1.33 bits per heavy atom. The molecule has 1 saturated carbocycles. The van der Waals surface area contributed by atoms with Crippen LogP contribution in [0.1, 0.15) is 51.2 Å². The second-order valence-electron chi connectivity index (χ2n) is 7.22. The zero-order chi connectivity index (χ0) is 15.2. The number of carbonyl (C=O) groups is 1. The van der Waals surface area contributed by atoms with Crippen molar-refractivity contribution in [2.75, 3.05) is 0 Å². The van der Waals surface area contributed by atoms with E-state index >= 15 is 0 Å². The number of benzene rings is 1. The maximum absolute atomic E-state index is 13.5. The van der Waals surface area contributed by atoms with Crippen LogP contribution >= 0.6 is 0 Å². The van der Waals surface area contributed by atoms with Gasteiger partial charge in [0.25, 0.3) is 0 Å². The predicted molar refractivity (Wildman–Crippen MR) is 81.2 cm³/mol. The number of halogens is 1. The Labute approximate surface area is 126 Å². The molecule has 114 valence electrons. The van der Waals surface area contributed by atoms with Crippen LogP contribution in [0.3, 0.4) is 0 Å².